The van der Waals surface area contributed by atoms with E-state index >= 15 is 0 Å². The molecule has 4 nitrogen and oxygen atoms in total. The Bertz CT molecular complexity index is 477. The molecule has 0 aliphatic heterocycles. The van der Waals surface area contributed by atoms with Crippen molar-refractivity contribution in [2.45, 2.75) is 20.0 Å². The maximum absolute atomic E-state index is 5.76. The molecule has 16 heavy (non-hydrogen) atoms. The van der Waals surface area contributed by atoms with Gasteiger partial charge in [-0.1, -0.05) is 17.3 Å². The van der Waals surface area contributed by atoms with Crippen molar-refractivity contribution in [3.05, 3.63) is 30.5 Å². The number of ether oxygens (including phenoxy) is 1. The number of nitrogen functional groups attached to an aromatic ring is 1. The summed E-state index contributed by atoms with van der Waals surface area (Å²) < 4.78 is 10.8. The number of hydrogen-bond acceptors (Lipinski definition) is 4. The first kappa shape index (κ1) is 10.5. The molecule has 0 spiro atoms. The van der Waals surface area contributed by atoms with Crippen LogP contribution in [0, 0.1) is 0 Å². The smallest absolute Gasteiger partial charge is 0.193 e. The van der Waals surface area contributed by atoms with Gasteiger partial charge < -0.3 is 15.0 Å². The number of anilines is 1. The third-order valence-corrected chi connectivity index (χ3v) is 2.09. The largest absolute Gasteiger partial charge is 0.490 e. The Kier molecular flexibility index (Phi) is 2.81. The van der Waals surface area contributed by atoms with Gasteiger partial charge in [-0.05, 0) is 26.0 Å². The van der Waals surface area contributed by atoms with Crippen LogP contribution in [0.4, 0.5) is 5.69 Å². The highest BCUT2D eigenvalue weighted by Gasteiger charge is 2.13. The molecule has 4 heteroatoms. The molecule has 1 aromatic carbocycles. The Morgan fingerprint density at radius 3 is 2.69 bits per heavy atom. The van der Waals surface area contributed by atoms with Crippen LogP contribution in [0.25, 0.3) is 11.3 Å². The molecule has 0 aliphatic carbocycles. The summed E-state index contributed by atoms with van der Waals surface area (Å²) in [6.07, 6.45) is 1.59. The summed E-state index contributed by atoms with van der Waals surface area (Å²) in [6.45, 7) is 3.95. The van der Waals surface area contributed by atoms with Crippen LogP contribution in [0.5, 0.6) is 5.75 Å². The standard InChI is InChI=1S/C12H14N2O2/c1-8(2)15-11-6-4-3-5-9(11)12-10(13)7-14-16-12/h3-8H,13H2,1-2H3. The summed E-state index contributed by atoms with van der Waals surface area (Å²) in [6, 6.07) is 7.60. The SMILES string of the molecule is CC(C)Oc1ccccc1-c1oncc1N. The van der Waals surface area contributed by atoms with Crippen LogP contribution >= 0.6 is 0 Å². The van der Waals surface area contributed by atoms with Gasteiger partial charge in [0.25, 0.3) is 0 Å². The zero-order valence-electron chi connectivity index (χ0n) is 9.31. The number of benzene rings is 1. The second kappa shape index (κ2) is 4.26. The molecule has 84 valence electrons. The minimum atomic E-state index is 0.102. The molecule has 0 bridgehead atoms. The first-order valence-corrected chi connectivity index (χ1v) is 5.14. The van der Waals surface area contributed by atoms with Gasteiger partial charge in [0.15, 0.2) is 5.76 Å². The van der Waals surface area contributed by atoms with Gasteiger partial charge >= 0.3 is 0 Å². The molecule has 0 saturated heterocycles. The zero-order valence-corrected chi connectivity index (χ0v) is 9.31. The lowest BCUT2D eigenvalue weighted by molar-refractivity contribution is 0.243. The van der Waals surface area contributed by atoms with E-state index in [1.165, 1.54) is 6.20 Å². The van der Waals surface area contributed by atoms with E-state index in [2.05, 4.69) is 5.16 Å². The summed E-state index contributed by atoms with van der Waals surface area (Å²) in [4.78, 5) is 0. The van der Waals surface area contributed by atoms with Crippen molar-refractivity contribution in [2.75, 3.05) is 5.73 Å². The van der Waals surface area contributed by atoms with Crippen LogP contribution in [0.1, 0.15) is 13.8 Å². The highest BCUT2D eigenvalue weighted by Crippen LogP contribution is 2.33. The molecular formula is C12H14N2O2. The number of nitrogens with zero attached hydrogens (tertiary/aromatic N) is 1. The lowest BCUT2D eigenvalue weighted by Crippen LogP contribution is -2.06. The molecule has 0 aliphatic rings. The Balaban J connectivity index is 2.44. The summed E-state index contributed by atoms with van der Waals surface area (Å²) in [5, 5.41) is 3.66. The van der Waals surface area contributed by atoms with Gasteiger partial charge in [0.2, 0.25) is 0 Å². The minimum absolute atomic E-state index is 0.102. The molecule has 0 radical (unpaired) electrons. The van der Waals surface area contributed by atoms with Crippen molar-refractivity contribution < 1.29 is 9.26 Å². The predicted octanol–water partition coefficient (Wildman–Crippen LogP) is 2.71. The first-order chi connectivity index (χ1) is 7.68. The second-order valence-electron chi connectivity index (χ2n) is 3.77. The maximum Gasteiger partial charge on any atom is 0.193 e. The number of aromatic nitrogens is 1. The molecule has 0 saturated carbocycles. The molecule has 0 atom stereocenters. The van der Waals surface area contributed by atoms with Gasteiger partial charge in [-0.15, -0.1) is 0 Å². The number of rotatable bonds is 3. The molecule has 1 aromatic heterocycles. The van der Waals surface area contributed by atoms with Crippen molar-refractivity contribution >= 4 is 5.69 Å². The van der Waals surface area contributed by atoms with E-state index in [0.717, 1.165) is 11.3 Å². The highest BCUT2D eigenvalue weighted by atomic mass is 16.5. The lowest BCUT2D eigenvalue weighted by Gasteiger charge is -2.12. The number of nitrogens with two attached hydrogens (primary N) is 1. The van der Waals surface area contributed by atoms with Gasteiger partial charge in [0.05, 0.1) is 17.9 Å². The second-order valence-corrected chi connectivity index (χ2v) is 3.77. The van der Waals surface area contributed by atoms with Crippen molar-refractivity contribution in [3.63, 3.8) is 0 Å². The average molecular weight is 218 g/mol. The number of para-hydroxylation sites is 1. The van der Waals surface area contributed by atoms with Crippen LogP contribution in [0.2, 0.25) is 0 Å². The summed E-state index contributed by atoms with van der Waals surface area (Å²) in [5.41, 5.74) is 7.10. The van der Waals surface area contributed by atoms with E-state index in [9.17, 15) is 0 Å². The molecule has 2 N–H and O–H groups in total. The maximum atomic E-state index is 5.76. The van der Waals surface area contributed by atoms with Crippen molar-refractivity contribution in [1.29, 1.82) is 0 Å². The van der Waals surface area contributed by atoms with Crippen molar-refractivity contribution in [1.82, 2.24) is 5.16 Å². The van der Waals surface area contributed by atoms with E-state index in [1.807, 2.05) is 38.1 Å². The monoisotopic (exact) mass is 218 g/mol. The van der Waals surface area contributed by atoms with E-state index in [-0.39, 0.29) is 6.10 Å². The Hall–Kier alpha value is -1.97. The molecule has 0 amide bonds. The zero-order chi connectivity index (χ0) is 11.5. The average Bonchev–Trinajstić information content (AvgIpc) is 2.64. The molecule has 0 fully saturated rings. The third-order valence-electron chi connectivity index (χ3n) is 2.09. The molecule has 2 aromatic rings. The van der Waals surface area contributed by atoms with Crippen LogP contribution in [-0.4, -0.2) is 11.3 Å². The first-order valence-electron chi connectivity index (χ1n) is 5.14. The summed E-state index contributed by atoms with van der Waals surface area (Å²) in [5.74, 6) is 1.30. The fourth-order valence-corrected chi connectivity index (χ4v) is 1.46. The Labute approximate surface area is 94.0 Å². The van der Waals surface area contributed by atoms with E-state index in [4.69, 9.17) is 15.0 Å². The number of hydrogen-bond donors (Lipinski definition) is 1. The molecule has 0 unspecified atom stereocenters. The van der Waals surface area contributed by atoms with Crippen molar-refractivity contribution in [3.8, 4) is 17.1 Å². The van der Waals surface area contributed by atoms with Crippen LogP contribution in [0.15, 0.2) is 35.0 Å². The molecule has 2 rings (SSSR count). The summed E-state index contributed by atoms with van der Waals surface area (Å²) >= 11 is 0. The Morgan fingerprint density at radius 1 is 1.31 bits per heavy atom. The normalized spacial score (nSPS) is 10.7. The van der Waals surface area contributed by atoms with Gasteiger partial charge in [0, 0.05) is 0 Å². The third kappa shape index (κ3) is 2.00. The minimum Gasteiger partial charge on any atom is -0.490 e. The Morgan fingerprint density at radius 2 is 2.06 bits per heavy atom. The van der Waals surface area contributed by atoms with E-state index in [0.29, 0.717) is 11.4 Å². The van der Waals surface area contributed by atoms with Gasteiger partial charge in [-0.3, -0.25) is 0 Å². The van der Waals surface area contributed by atoms with Gasteiger partial charge in [-0.25, -0.2) is 0 Å². The van der Waals surface area contributed by atoms with Crippen LogP contribution < -0.4 is 10.5 Å². The summed E-state index contributed by atoms with van der Waals surface area (Å²) in [7, 11) is 0. The van der Waals surface area contributed by atoms with Gasteiger partial charge in [-0.2, -0.15) is 0 Å². The topological polar surface area (TPSA) is 61.3 Å². The predicted molar refractivity (Wildman–Crippen MR) is 62.1 cm³/mol. The van der Waals surface area contributed by atoms with Crippen molar-refractivity contribution in [2.24, 2.45) is 0 Å². The fraction of sp³-hybridized carbons (Fsp3) is 0.250. The van der Waals surface area contributed by atoms with Crippen LogP contribution in [-0.2, 0) is 0 Å². The van der Waals surface area contributed by atoms with Crippen LogP contribution in [0.3, 0.4) is 0 Å². The van der Waals surface area contributed by atoms with Gasteiger partial charge in [0.1, 0.15) is 11.4 Å². The van der Waals surface area contributed by atoms with E-state index in [1.54, 1.807) is 0 Å². The fourth-order valence-electron chi connectivity index (χ4n) is 1.46. The quantitative estimate of drug-likeness (QED) is 0.860. The highest BCUT2D eigenvalue weighted by molar-refractivity contribution is 5.74. The van der Waals surface area contributed by atoms with E-state index < -0.39 is 0 Å². The molecular weight excluding hydrogens is 204 g/mol. The lowest BCUT2D eigenvalue weighted by atomic mass is 10.1. The molecule has 1 heterocycles.